The highest BCUT2D eigenvalue weighted by molar-refractivity contribution is 7.99. The maximum atomic E-state index is 12.5. The van der Waals surface area contributed by atoms with Crippen LogP contribution in [0.5, 0.6) is 11.5 Å². The zero-order valence-corrected chi connectivity index (χ0v) is 16.2. The van der Waals surface area contributed by atoms with Crippen molar-refractivity contribution in [1.82, 2.24) is 15.0 Å². The zero-order valence-electron chi connectivity index (χ0n) is 15.4. The predicted molar refractivity (Wildman–Crippen MR) is 105 cm³/mol. The van der Waals surface area contributed by atoms with Crippen LogP contribution < -0.4 is 25.4 Å². The molecule has 1 aromatic heterocycles. The van der Waals surface area contributed by atoms with E-state index in [9.17, 15) is 4.79 Å². The molecule has 3 rings (SSSR count). The Kier molecular flexibility index (Phi) is 5.84. The molecule has 1 atom stereocenters. The van der Waals surface area contributed by atoms with Gasteiger partial charge >= 0.3 is 0 Å². The van der Waals surface area contributed by atoms with E-state index < -0.39 is 0 Å². The molecule has 1 aromatic carbocycles. The van der Waals surface area contributed by atoms with Crippen LogP contribution in [0.4, 0.5) is 17.6 Å². The number of benzene rings is 1. The first kappa shape index (κ1) is 19.0. The van der Waals surface area contributed by atoms with E-state index in [-0.39, 0.29) is 17.1 Å². The van der Waals surface area contributed by atoms with Crippen molar-refractivity contribution < 1.29 is 14.3 Å². The van der Waals surface area contributed by atoms with Crippen LogP contribution in [0.2, 0.25) is 0 Å². The minimum atomic E-state index is -0.306. The fourth-order valence-electron chi connectivity index (χ4n) is 2.33. The lowest BCUT2D eigenvalue weighted by Crippen LogP contribution is -2.23. The van der Waals surface area contributed by atoms with Gasteiger partial charge in [-0.1, -0.05) is 0 Å². The van der Waals surface area contributed by atoms with Gasteiger partial charge in [0.15, 0.2) is 11.5 Å². The molecule has 0 spiro atoms. The third kappa shape index (κ3) is 4.91. The number of fused-ring (bicyclic) bond motifs is 1. The number of hydrogen-bond donors (Lipinski definition) is 2. The molecule has 2 aromatic rings. The summed E-state index contributed by atoms with van der Waals surface area (Å²) in [7, 11) is 3.66. The van der Waals surface area contributed by atoms with E-state index in [0.717, 1.165) is 0 Å². The van der Waals surface area contributed by atoms with Gasteiger partial charge in [0, 0.05) is 25.8 Å². The minimum Gasteiger partial charge on any atom is -0.486 e. The van der Waals surface area contributed by atoms with Crippen LogP contribution >= 0.6 is 11.8 Å². The Balaban J connectivity index is 1.58. The summed E-state index contributed by atoms with van der Waals surface area (Å²) in [5.41, 5.74) is 6.38. The number of aromatic nitrogens is 3. The molecule has 2 heterocycles. The summed E-state index contributed by atoms with van der Waals surface area (Å²) in [5.74, 6) is 2.84. The van der Waals surface area contributed by atoms with Crippen LogP contribution in [-0.2, 0) is 10.5 Å². The molecule has 1 aliphatic rings. The summed E-state index contributed by atoms with van der Waals surface area (Å²) in [6.07, 6.45) is 0. The standard InChI is InChI=1S/C17H22N6O3S/c1-10(27-9-14-20-16(18)22-17(21-14)23(2)3)15(24)19-11-4-5-12-13(8-11)26-7-6-25-12/h4-5,8,10H,6-7,9H2,1-3H3,(H,19,24)(H2,18,20,21,22). The second-order valence-corrected chi connectivity index (χ2v) is 7.43. The Bertz CT molecular complexity index is 832. The number of nitrogens with two attached hydrogens (primary N) is 1. The van der Waals surface area contributed by atoms with Crippen LogP contribution in [0.15, 0.2) is 18.2 Å². The number of nitrogen functional groups attached to an aromatic ring is 1. The summed E-state index contributed by atoms with van der Waals surface area (Å²) in [4.78, 5) is 26.7. The van der Waals surface area contributed by atoms with Crippen LogP contribution in [-0.4, -0.2) is 53.4 Å². The number of hydrogen-bond acceptors (Lipinski definition) is 9. The van der Waals surface area contributed by atoms with Gasteiger partial charge in [0.25, 0.3) is 0 Å². The molecule has 3 N–H and O–H groups in total. The molecule has 0 aliphatic carbocycles. The van der Waals surface area contributed by atoms with Gasteiger partial charge in [0.1, 0.15) is 19.0 Å². The minimum absolute atomic E-state index is 0.119. The van der Waals surface area contributed by atoms with Crippen molar-refractivity contribution in [2.45, 2.75) is 17.9 Å². The van der Waals surface area contributed by atoms with E-state index in [1.54, 1.807) is 23.1 Å². The molecular formula is C17H22N6O3S. The normalized spacial score (nSPS) is 13.7. The average Bonchev–Trinajstić information content (AvgIpc) is 2.65. The largest absolute Gasteiger partial charge is 0.486 e. The highest BCUT2D eigenvalue weighted by atomic mass is 32.2. The molecule has 0 saturated heterocycles. The van der Waals surface area contributed by atoms with Crippen molar-refractivity contribution in [3.05, 3.63) is 24.0 Å². The van der Waals surface area contributed by atoms with Gasteiger partial charge in [-0.3, -0.25) is 4.79 Å². The molecule has 27 heavy (non-hydrogen) atoms. The van der Waals surface area contributed by atoms with Crippen LogP contribution in [0.25, 0.3) is 0 Å². The van der Waals surface area contributed by atoms with E-state index in [2.05, 4.69) is 20.3 Å². The maximum absolute atomic E-state index is 12.5. The van der Waals surface area contributed by atoms with Gasteiger partial charge in [0.2, 0.25) is 17.8 Å². The fourth-order valence-corrected chi connectivity index (χ4v) is 3.07. The van der Waals surface area contributed by atoms with Crippen LogP contribution in [0.3, 0.4) is 0 Å². The smallest absolute Gasteiger partial charge is 0.237 e. The third-order valence-corrected chi connectivity index (χ3v) is 4.87. The Morgan fingerprint density at radius 3 is 2.74 bits per heavy atom. The molecule has 9 nitrogen and oxygen atoms in total. The summed E-state index contributed by atoms with van der Waals surface area (Å²) in [6.45, 7) is 2.86. The highest BCUT2D eigenvalue weighted by Gasteiger charge is 2.17. The number of rotatable bonds is 6. The molecule has 0 saturated carbocycles. The maximum Gasteiger partial charge on any atom is 0.237 e. The third-order valence-electron chi connectivity index (χ3n) is 3.73. The van der Waals surface area contributed by atoms with Gasteiger partial charge < -0.3 is 25.4 Å². The predicted octanol–water partition coefficient (Wildman–Crippen LogP) is 1.55. The molecule has 1 amide bonds. The molecule has 10 heteroatoms. The SMILES string of the molecule is CC(SCc1nc(N)nc(N(C)C)n1)C(=O)Nc1ccc2c(c1)OCCO2. The Labute approximate surface area is 161 Å². The average molecular weight is 390 g/mol. The first-order chi connectivity index (χ1) is 12.9. The molecule has 0 fully saturated rings. The molecule has 0 bridgehead atoms. The quantitative estimate of drug-likeness (QED) is 0.758. The van der Waals surface area contributed by atoms with Gasteiger partial charge in [-0.25, -0.2) is 0 Å². The summed E-state index contributed by atoms with van der Waals surface area (Å²) in [5, 5.41) is 2.58. The number of nitrogens with zero attached hydrogens (tertiary/aromatic N) is 4. The molecule has 144 valence electrons. The lowest BCUT2D eigenvalue weighted by Gasteiger charge is -2.19. The van der Waals surface area contributed by atoms with Crippen molar-refractivity contribution in [2.24, 2.45) is 0 Å². The topological polar surface area (TPSA) is 115 Å². The van der Waals surface area contributed by atoms with E-state index >= 15 is 0 Å². The fraction of sp³-hybridized carbons (Fsp3) is 0.412. The Morgan fingerprint density at radius 1 is 1.26 bits per heavy atom. The second-order valence-electron chi connectivity index (χ2n) is 6.11. The van der Waals surface area contributed by atoms with E-state index in [1.165, 1.54) is 11.8 Å². The number of carbonyl (C=O) groups excluding carboxylic acids is 1. The van der Waals surface area contributed by atoms with Gasteiger partial charge in [-0.2, -0.15) is 15.0 Å². The van der Waals surface area contributed by atoms with Gasteiger partial charge in [-0.05, 0) is 19.1 Å². The van der Waals surface area contributed by atoms with Crippen molar-refractivity contribution in [1.29, 1.82) is 0 Å². The van der Waals surface area contributed by atoms with E-state index in [4.69, 9.17) is 15.2 Å². The molecule has 0 radical (unpaired) electrons. The van der Waals surface area contributed by atoms with Crippen molar-refractivity contribution in [3.8, 4) is 11.5 Å². The van der Waals surface area contributed by atoms with E-state index in [0.29, 0.717) is 47.9 Å². The first-order valence-corrected chi connectivity index (χ1v) is 9.47. The number of anilines is 3. The number of thioether (sulfide) groups is 1. The number of carbonyl (C=O) groups is 1. The Morgan fingerprint density at radius 2 is 2.00 bits per heavy atom. The Hall–Kier alpha value is -2.75. The van der Waals surface area contributed by atoms with Crippen LogP contribution in [0.1, 0.15) is 12.7 Å². The number of amides is 1. The summed E-state index contributed by atoms with van der Waals surface area (Å²) >= 11 is 1.42. The van der Waals surface area contributed by atoms with Crippen molar-refractivity contribution >= 4 is 35.3 Å². The summed E-state index contributed by atoms with van der Waals surface area (Å²) in [6, 6.07) is 5.34. The highest BCUT2D eigenvalue weighted by Crippen LogP contribution is 2.32. The zero-order chi connectivity index (χ0) is 19.4. The molecule has 1 aliphatic heterocycles. The number of nitrogens with one attached hydrogen (secondary N) is 1. The monoisotopic (exact) mass is 390 g/mol. The lowest BCUT2D eigenvalue weighted by atomic mass is 10.2. The van der Waals surface area contributed by atoms with Crippen molar-refractivity contribution in [3.63, 3.8) is 0 Å². The van der Waals surface area contributed by atoms with Crippen molar-refractivity contribution in [2.75, 3.05) is 43.3 Å². The molecule has 1 unspecified atom stereocenters. The van der Waals surface area contributed by atoms with Gasteiger partial charge in [-0.15, -0.1) is 11.8 Å². The molecular weight excluding hydrogens is 368 g/mol. The van der Waals surface area contributed by atoms with Gasteiger partial charge in [0.05, 0.1) is 11.0 Å². The number of ether oxygens (including phenoxy) is 2. The first-order valence-electron chi connectivity index (χ1n) is 8.42. The lowest BCUT2D eigenvalue weighted by molar-refractivity contribution is -0.115. The van der Waals surface area contributed by atoms with E-state index in [1.807, 2.05) is 21.0 Å². The second kappa shape index (κ2) is 8.30. The summed E-state index contributed by atoms with van der Waals surface area (Å²) < 4.78 is 11.0. The van der Waals surface area contributed by atoms with Crippen LogP contribution in [0, 0.1) is 0 Å².